The summed E-state index contributed by atoms with van der Waals surface area (Å²) >= 11 is 1.75. The number of benzene rings is 1. The van der Waals surface area contributed by atoms with Gasteiger partial charge in [-0.15, -0.1) is 11.8 Å². The first-order chi connectivity index (χ1) is 8.00. The number of nitrogens with one attached hydrogen (secondary N) is 1. The molecule has 1 aromatic heterocycles. The van der Waals surface area contributed by atoms with E-state index in [1.54, 1.807) is 11.8 Å². The first-order valence-corrected chi connectivity index (χ1v) is 6.93. The summed E-state index contributed by atoms with van der Waals surface area (Å²) in [6.07, 6.45) is 2.08. The van der Waals surface area contributed by atoms with E-state index >= 15 is 0 Å². The van der Waals surface area contributed by atoms with E-state index in [1.807, 2.05) is 0 Å². The molecule has 90 valence electrons. The van der Waals surface area contributed by atoms with Crippen molar-refractivity contribution in [2.75, 3.05) is 6.26 Å². The Balaban J connectivity index is 2.30. The highest BCUT2D eigenvalue weighted by molar-refractivity contribution is 7.98. The Kier molecular flexibility index (Phi) is 3.29. The summed E-state index contributed by atoms with van der Waals surface area (Å²) in [5.74, 6) is 0. The number of aromatic amines is 1. The second-order valence-corrected chi connectivity index (χ2v) is 6.03. The van der Waals surface area contributed by atoms with Gasteiger partial charge in [-0.2, -0.15) is 5.10 Å². The topological polar surface area (TPSA) is 28.7 Å². The summed E-state index contributed by atoms with van der Waals surface area (Å²) in [5, 5.41) is 7.49. The third-order valence-corrected chi connectivity index (χ3v) is 3.52. The number of nitrogens with zero attached hydrogens (tertiary/aromatic N) is 1. The minimum absolute atomic E-state index is 0.116. The molecule has 0 atom stereocenters. The molecule has 0 fully saturated rings. The van der Waals surface area contributed by atoms with E-state index in [4.69, 9.17) is 0 Å². The molecule has 1 N–H and O–H groups in total. The van der Waals surface area contributed by atoms with Crippen molar-refractivity contribution < 1.29 is 0 Å². The summed E-state index contributed by atoms with van der Waals surface area (Å²) in [4.78, 5) is 1.28. The SMILES string of the molecule is CSc1ccc(-c2cc(C(C)(C)C)[nH]n2)cc1. The van der Waals surface area contributed by atoms with E-state index in [0.717, 1.165) is 11.3 Å². The van der Waals surface area contributed by atoms with Crippen LogP contribution in [0.4, 0.5) is 0 Å². The van der Waals surface area contributed by atoms with Gasteiger partial charge in [-0.25, -0.2) is 0 Å². The van der Waals surface area contributed by atoms with Crippen LogP contribution in [0.3, 0.4) is 0 Å². The Bertz CT molecular complexity index is 492. The third-order valence-electron chi connectivity index (χ3n) is 2.77. The predicted molar refractivity (Wildman–Crippen MR) is 74.5 cm³/mol. The molecule has 0 unspecified atom stereocenters. The first kappa shape index (κ1) is 12.2. The Labute approximate surface area is 107 Å². The fourth-order valence-electron chi connectivity index (χ4n) is 1.62. The van der Waals surface area contributed by atoms with Gasteiger partial charge in [-0.1, -0.05) is 32.9 Å². The van der Waals surface area contributed by atoms with Crippen LogP contribution in [0.15, 0.2) is 35.2 Å². The summed E-state index contributed by atoms with van der Waals surface area (Å²) in [7, 11) is 0. The summed E-state index contributed by atoms with van der Waals surface area (Å²) in [6.45, 7) is 6.54. The third kappa shape index (κ3) is 2.72. The van der Waals surface area contributed by atoms with Crippen LogP contribution in [0.2, 0.25) is 0 Å². The van der Waals surface area contributed by atoms with Gasteiger partial charge in [-0.3, -0.25) is 5.10 Å². The molecule has 2 rings (SSSR count). The van der Waals surface area contributed by atoms with Gasteiger partial charge in [0.05, 0.1) is 5.69 Å². The highest BCUT2D eigenvalue weighted by atomic mass is 32.2. The van der Waals surface area contributed by atoms with Gasteiger partial charge < -0.3 is 0 Å². The van der Waals surface area contributed by atoms with Crippen molar-refractivity contribution in [1.29, 1.82) is 0 Å². The Hall–Kier alpha value is -1.22. The van der Waals surface area contributed by atoms with Gasteiger partial charge in [0, 0.05) is 21.6 Å². The zero-order chi connectivity index (χ0) is 12.5. The second kappa shape index (κ2) is 4.57. The van der Waals surface area contributed by atoms with E-state index in [1.165, 1.54) is 10.6 Å². The largest absolute Gasteiger partial charge is 0.281 e. The molecule has 2 nitrogen and oxygen atoms in total. The van der Waals surface area contributed by atoms with E-state index in [9.17, 15) is 0 Å². The molecule has 0 aliphatic heterocycles. The number of aromatic nitrogens is 2. The Morgan fingerprint density at radius 1 is 1.12 bits per heavy atom. The van der Waals surface area contributed by atoms with Gasteiger partial charge >= 0.3 is 0 Å². The normalized spacial score (nSPS) is 11.8. The van der Waals surface area contributed by atoms with Crippen LogP contribution >= 0.6 is 11.8 Å². The van der Waals surface area contributed by atoms with Crippen LogP contribution in [-0.2, 0) is 5.41 Å². The highest BCUT2D eigenvalue weighted by Crippen LogP contribution is 2.26. The van der Waals surface area contributed by atoms with E-state index < -0.39 is 0 Å². The summed E-state index contributed by atoms with van der Waals surface area (Å²) in [6, 6.07) is 10.6. The van der Waals surface area contributed by atoms with Crippen molar-refractivity contribution in [3.63, 3.8) is 0 Å². The van der Waals surface area contributed by atoms with Crippen LogP contribution in [0, 0.1) is 0 Å². The average Bonchev–Trinajstić information content (AvgIpc) is 2.78. The van der Waals surface area contributed by atoms with Crippen molar-refractivity contribution in [3.05, 3.63) is 36.0 Å². The minimum atomic E-state index is 0.116. The summed E-state index contributed by atoms with van der Waals surface area (Å²) in [5.41, 5.74) is 3.46. The van der Waals surface area contributed by atoms with Crippen LogP contribution in [0.5, 0.6) is 0 Å². The fraction of sp³-hybridized carbons (Fsp3) is 0.357. The lowest BCUT2D eigenvalue weighted by atomic mass is 9.92. The summed E-state index contributed by atoms with van der Waals surface area (Å²) < 4.78 is 0. The van der Waals surface area contributed by atoms with Gasteiger partial charge in [0.25, 0.3) is 0 Å². The van der Waals surface area contributed by atoms with Crippen molar-refractivity contribution in [2.45, 2.75) is 31.1 Å². The molecular formula is C14H18N2S. The van der Waals surface area contributed by atoms with Gasteiger partial charge in [-0.05, 0) is 24.5 Å². The number of thioether (sulfide) groups is 1. The van der Waals surface area contributed by atoms with E-state index in [-0.39, 0.29) is 5.41 Å². The Morgan fingerprint density at radius 2 is 1.76 bits per heavy atom. The molecule has 2 aromatic rings. The Morgan fingerprint density at radius 3 is 2.24 bits per heavy atom. The van der Waals surface area contributed by atoms with Gasteiger partial charge in [0.2, 0.25) is 0 Å². The molecule has 17 heavy (non-hydrogen) atoms. The van der Waals surface area contributed by atoms with Gasteiger partial charge in [0.1, 0.15) is 0 Å². The maximum Gasteiger partial charge on any atom is 0.0923 e. The van der Waals surface area contributed by atoms with Gasteiger partial charge in [0.15, 0.2) is 0 Å². The average molecular weight is 246 g/mol. The zero-order valence-electron chi connectivity index (χ0n) is 10.7. The molecule has 0 aliphatic rings. The number of hydrogen-bond donors (Lipinski definition) is 1. The molecule has 0 radical (unpaired) electrons. The molecule has 3 heteroatoms. The molecule has 0 saturated carbocycles. The van der Waals surface area contributed by atoms with E-state index in [0.29, 0.717) is 0 Å². The van der Waals surface area contributed by atoms with Crippen molar-refractivity contribution >= 4 is 11.8 Å². The number of hydrogen-bond acceptors (Lipinski definition) is 2. The molecule has 0 bridgehead atoms. The standard InChI is InChI=1S/C14H18N2S/c1-14(2,3)13-9-12(15-16-13)10-5-7-11(17-4)8-6-10/h5-9H,1-4H3,(H,15,16). The molecule has 0 saturated heterocycles. The predicted octanol–water partition coefficient (Wildman–Crippen LogP) is 4.10. The zero-order valence-corrected chi connectivity index (χ0v) is 11.6. The molecule has 1 heterocycles. The van der Waals surface area contributed by atoms with Crippen LogP contribution < -0.4 is 0 Å². The minimum Gasteiger partial charge on any atom is -0.281 e. The molecule has 0 amide bonds. The van der Waals surface area contributed by atoms with E-state index in [2.05, 4.69) is 67.6 Å². The molecule has 1 aromatic carbocycles. The van der Waals surface area contributed by atoms with Crippen LogP contribution in [0.1, 0.15) is 26.5 Å². The fourth-order valence-corrected chi connectivity index (χ4v) is 2.02. The smallest absolute Gasteiger partial charge is 0.0923 e. The van der Waals surface area contributed by atoms with Crippen molar-refractivity contribution in [2.24, 2.45) is 0 Å². The van der Waals surface area contributed by atoms with Crippen LogP contribution in [0.25, 0.3) is 11.3 Å². The number of rotatable bonds is 2. The van der Waals surface area contributed by atoms with Crippen molar-refractivity contribution in [3.8, 4) is 11.3 Å². The quantitative estimate of drug-likeness (QED) is 0.808. The maximum absolute atomic E-state index is 4.38. The number of H-pyrrole nitrogens is 1. The second-order valence-electron chi connectivity index (χ2n) is 5.15. The molecule has 0 aliphatic carbocycles. The highest BCUT2D eigenvalue weighted by Gasteiger charge is 2.16. The molecule has 0 spiro atoms. The lowest BCUT2D eigenvalue weighted by Gasteiger charge is -2.14. The monoisotopic (exact) mass is 246 g/mol. The lowest BCUT2D eigenvalue weighted by molar-refractivity contribution is 0.567. The molecular weight excluding hydrogens is 228 g/mol. The first-order valence-electron chi connectivity index (χ1n) is 5.71. The lowest BCUT2D eigenvalue weighted by Crippen LogP contribution is -2.11. The van der Waals surface area contributed by atoms with Crippen LogP contribution in [-0.4, -0.2) is 16.5 Å². The van der Waals surface area contributed by atoms with Crippen molar-refractivity contribution in [1.82, 2.24) is 10.2 Å². The maximum atomic E-state index is 4.38.